The summed E-state index contributed by atoms with van der Waals surface area (Å²) in [6, 6.07) is 15.2. The fraction of sp³-hybridized carbons (Fsp3) is 0.235. The van der Waals surface area contributed by atoms with E-state index in [1.807, 2.05) is 6.07 Å². The van der Waals surface area contributed by atoms with Crippen LogP contribution < -0.4 is 9.46 Å². The topological polar surface area (TPSA) is 92.7 Å². The third kappa shape index (κ3) is 5.58. The maximum atomic E-state index is 12.1. The van der Waals surface area contributed by atoms with Crippen LogP contribution in [0.3, 0.4) is 0 Å². The van der Waals surface area contributed by atoms with Crippen LogP contribution in [0, 0.1) is 5.92 Å². The lowest BCUT2D eigenvalue weighted by atomic mass is 10.2. The number of carbonyl (C=O) groups is 1. The minimum absolute atomic E-state index is 0.0500. The average molecular weight is 349 g/mol. The highest BCUT2D eigenvalue weighted by molar-refractivity contribution is 7.91. The van der Waals surface area contributed by atoms with Gasteiger partial charge in [-0.2, -0.15) is 0 Å². The van der Waals surface area contributed by atoms with Crippen LogP contribution in [-0.4, -0.2) is 26.1 Å². The van der Waals surface area contributed by atoms with Gasteiger partial charge in [0.05, 0.1) is 11.7 Å². The standard InChI is InChI=1S/C17H19NO5S/c1-13(17(19)20)11-23-16-9-7-15(8-10-16)18-24(21,22)12-14-5-3-2-4-6-14/h2-10,13,18H,11-12H2,1H3,(H,19,20). The molecule has 128 valence electrons. The van der Waals surface area contributed by atoms with Crippen molar-refractivity contribution < 1.29 is 23.1 Å². The third-order valence-corrected chi connectivity index (χ3v) is 4.51. The van der Waals surface area contributed by atoms with E-state index in [0.29, 0.717) is 17.0 Å². The molecule has 1 atom stereocenters. The number of anilines is 1. The number of sulfonamides is 1. The van der Waals surface area contributed by atoms with Gasteiger partial charge in [-0.3, -0.25) is 9.52 Å². The average Bonchev–Trinajstić information content (AvgIpc) is 2.54. The second-order valence-electron chi connectivity index (χ2n) is 5.42. The summed E-state index contributed by atoms with van der Waals surface area (Å²) in [4.78, 5) is 10.7. The van der Waals surface area contributed by atoms with Crippen molar-refractivity contribution in [3.05, 3.63) is 60.2 Å². The molecule has 0 heterocycles. The molecule has 2 N–H and O–H groups in total. The minimum Gasteiger partial charge on any atom is -0.493 e. The van der Waals surface area contributed by atoms with Crippen molar-refractivity contribution in [1.29, 1.82) is 0 Å². The second-order valence-corrected chi connectivity index (χ2v) is 7.14. The molecule has 2 aromatic carbocycles. The Morgan fingerprint density at radius 3 is 2.33 bits per heavy atom. The first-order valence-corrected chi connectivity index (χ1v) is 9.01. The fourth-order valence-electron chi connectivity index (χ4n) is 1.92. The highest BCUT2D eigenvalue weighted by Gasteiger charge is 2.13. The lowest BCUT2D eigenvalue weighted by Gasteiger charge is -2.11. The van der Waals surface area contributed by atoms with Gasteiger partial charge in [-0.05, 0) is 36.8 Å². The number of nitrogens with one attached hydrogen (secondary N) is 1. The number of benzene rings is 2. The zero-order chi connectivity index (χ0) is 17.6. The van der Waals surface area contributed by atoms with E-state index in [9.17, 15) is 13.2 Å². The van der Waals surface area contributed by atoms with E-state index in [1.54, 1.807) is 55.5 Å². The molecule has 0 saturated carbocycles. The van der Waals surface area contributed by atoms with Gasteiger partial charge in [-0.25, -0.2) is 8.42 Å². The van der Waals surface area contributed by atoms with Crippen molar-refractivity contribution in [2.24, 2.45) is 5.92 Å². The maximum Gasteiger partial charge on any atom is 0.309 e. The molecular weight excluding hydrogens is 330 g/mol. The predicted molar refractivity (Wildman–Crippen MR) is 91.4 cm³/mol. The molecule has 0 spiro atoms. The number of aliphatic carboxylic acids is 1. The van der Waals surface area contributed by atoms with Gasteiger partial charge in [-0.15, -0.1) is 0 Å². The summed E-state index contributed by atoms with van der Waals surface area (Å²) in [7, 11) is -3.51. The van der Waals surface area contributed by atoms with Gasteiger partial charge in [0, 0.05) is 5.69 Å². The Balaban J connectivity index is 1.94. The molecule has 0 aromatic heterocycles. The summed E-state index contributed by atoms with van der Waals surface area (Å²) in [6.07, 6.45) is 0. The molecule has 0 radical (unpaired) electrons. The molecule has 2 rings (SSSR count). The first-order chi connectivity index (χ1) is 11.4. The molecular formula is C17H19NO5S. The molecule has 0 aliphatic heterocycles. The molecule has 0 bridgehead atoms. The van der Waals surface area contributed by atoms with Crippen LogP contribution in [0.5, 0.6) is 5.75 Å². The number of ether oxygens (including phenoxy) is 1. The molecule has 0 saturated heterocycles. The van der Waals surface area contributed by atoms with Gasteiger partial charge in [0.25, 0.3) is 0 Å². The van der Waals surface area contributed by atoms with Crippen LogP contribution in [0.1, 0.15) is 12.5 Å². The van der Waals surface area contributed by atoms with E-state index in [0.717, 1.165) is 0 Å². The van der Waals surface area contributed by atoms with Crippen LogP contribution in [-0.2, 0) is 20.6 Å². The minimum atomic E-state index is -3.51. The predicted octanol–water partition coefficient (Wildman–Crippen LogP) is 2.73. The molecule has 1 unspecified atom stereocenters. The zero-order valence-corrected chi connectivity index (χ0v) is 14.0. The highest BCUT2D eigenvalue weighted by Crippen LogP contribution is 2.18. The van der Waals surface area contributed by atoms with Crippen molar-refractivity contribution in [2.75, 3.05) is 11.3 Å². The van der Waals surface area contributed by atoms with E-state index in [1.165, 1.54) is 0 Å². The number of hydrogen-bond acceptors (Lipinski definition) is 4. The zero-order valence-electron chi connectivity index (χ0n) is 13.2. The Morgan fingerprint density at radius 2 is 1.75 bits per heavy atom. The number of carboxylic acid groups (broad SMARTS) is 1. The van der Waals surface area contributed by atoms with Crippen molar-refractivity contribution in [3.63, 3.8) is 0 Å². The summed E-state index contributed by atoms with van der Waals surface area (Å²) >= 11 is 0. The SMILES string of the molecule is CC(COc1ccc(NS(=O)(=O)Cc2ccccc2)cc1)C(=O)O. The van der Waals surface area contributed by atoms with Crippen molar-refractivity contribution in [2.45, 2.75) is 12.7 Å². The summed E-state index contributed by atoms with van der Waals surface area (Å²) in [5.74, 6) is -1.18. The molecule has 6 nitrogen and oxygen atoms in total. The van der Waals surface area contributed by atoms with Crippen molar-refractivity contribution in [3.8, 4) is 5.75 Å². The van der Waals surface area contributed by atoms with Gasteiger partial charge >= 0.3 is 5.97 Å². The Kier molecular flexibility index (Phi) is 5.81. The van der Waals surface area contributed by atoms with E-state index in [2.05, 4.69) is 4.72 Å². The summed E-state index contributed by atoms with van der Waals surface area (Å²) in [6.45, 7) is 1.60. The van der Waals surface area contributed by atoms with Gasteiger partial charge in [0.1, 0.15) is 12.4 Å². The Morgan fingerprint density at radius 1 is 1.12 bits per heavy atom. The van der Waals surface area contributed by atoms with Crippen LogP contribution in [0.2, 0.25) is 0 Å². The lowest BCUT2D eigenvalue weighted by Crippen LogP contribution is -2.18. The van der Waals surface area contributed by atoms with Crippen molar-refractivity contribution >= 4 is 21.7 Å². The van der Waals surface area contributed by atoms with Gasteiger partial charge in [0.15, 0.2) is 0 Å². The Bertz CT molecular complexity index is 772. The second kappa shape index (κ2) is 7.83. The monoisotopic (exact) mass is 349 g/mol. The Hall–Kier alpha value is -2.54. The van der Waals surface area contributed by atoms with Gasteiger partial charge in [0.2, 0.25) is 10.0 Å². The van der Waals surface area contributed by atoms with Crippen LogP contribution in [0.15, 0.2) is 54.6 Å². The smallest absolute Gasteiger partial charge is 0.309 e. The fourth-order valence-corrected chi connectivity index (χ4v) is 3.12. The lowest BCUT2D eigenvalue weighted by molar-refractivity contribution is -0.142. The molecule has 0 fully saturated rings. The van der Waals surface area contributed by atoms with E-state index < -0.39 is 21.9 Å². The largest absolute Gasteiger partial charge is 0.493 e. The molecule has 24 heavy (non-hydrogen) atoms. The van der Waals surface area contributed by atoms with Gasteiger partial charge in [-0.1, -0.05) is 30.3 Å². The normalized spacial score (nSPS) is 12.4. The molecule has 7 heteroatoms. The summed E-state index contributed by atoms with van der Waals surface area (Å²) in [5, 5.41) is 8.80. The van der Waals surface area contributed by atoms with Crippen LogP contribution >= 0.6 is 0 Å². The number of carboxylic acids is 1. The van der Waals surface area contributed by atoms with E-state index in [4.69, 9.17) is 9.84 Å². The van der Waals surface area contributed by atoms with Gasteiger partial charge < -0.3 is 9.84 Å². The molecule has 0 aliphatic rings. The maximum absolute atomic E-state index is 12.1. The summed E-state index contributed by atoms with van der Waals surface area (Å²) < 4.78 is 32.1. The van der Waals surface area contributed by atoms with Crippen LogP contribution in [0.4, 0.5) is 5.69 Å². The third-order valence-electron chi connectivity index (χ3n) is 3.25. The quantitative estimate of drug-likeness (QED) is 0.764. The van der Waals surface area contributed by atoms with E-state index >= 15 is 0 Å². The first-order valence-electron chi connectivity index (χ1n) is 7.36. The number of rotatable bonds is 8. The molecule has 0 amide bonds. The molecule has 2 aromatic rings. The molecule has 0 aliphatic carbocycles. The first kappa shape index (κ1) is 17.8. The Labute approximate surface area is 141 Å². The highest BCUT2D eigenvalue weighted by atomic mass is 32.2. The number of hydrogen-bond donors (Lipinski definition) is 2. The summed E-state index contributed by atoms with van der Waals surface area (Å²) in [5.41, 5.74) is 1.12. The van der Waals surface area contributed by atoms with Crippen molar-refractivity contribution in [1.82, 2.24) is 0 Å². The van der Waals surface area contributed by atoms with E-state index in [-0.39, 0.29) is 12.4 Å². The van der Waals surface area contributed by atoms with Crippen LogP contribution in [0.25, 0.3) is 0 Å².